The molecule has 0 heterocycles. The molecular weight excluding hydrogens is 356 g/mol. The standard InChI is InChI=1S/C15H14O7S2/c1-23(17,18)13-7-3-11(4-8-13)21-15(16)22-12-5-9-14(10-6-12)24(2,19)20/h3-10H,1-2H3. The largest absolute Gasteiger partial charge is 0.519 e. The summed E-state index contributed by atoms with van der Waals surface area (Å²) in [6.07, 6.45) is 1.10. The van der Waals surface area contributed by atoms with E-state index in [9.17, 15) is 21.6 Å². The van der Waals surface area contributed by atoms with Crippen LogP contribution >= 0.6 is 0 Å². The van der Waals surface area contributed by atoms with Gasteiger partial charge in [-0.3, -0.25) is 0 Å². The van der Waals surface area contributed by atoms with E-state index in [0.29, 0.717) is 0 Å². The van der Waals surface area contributed by atoms with Gasteiger partial charge in [0.1, 0.15) is 11.5 Å². The monoisotopic (exact) mass is 370 g/mol. The van der Waals surface area contributed by atoms with E-state index in [1.807, 2.05) is 0 Å². The summed E-state index contributed by atoms with van der Waals surface area (Å²) in [6.45, 7) is 0. The van der Waals surface area contributed by atoms with Crippen LogP contribution < -0.4 is 9.47 Å². The number of hydrogen-bond acceptors (Lipinski definition) is 7. The van der Waals surface area contributed by atoms with Gasteiger partial charge in [-0.25, -0.2) is 21.6 Å². The van der Waals surface area contributed by atoms with Crippen molar-refractivity contribution in [2.45, 2.75) is 9.79 Å². The molecule has 0 radical (unpaired) electrons. The van der Waals surface area contributed by atoms with Crippen LogP contribution in [0.4, 0.5) is 4.79 Å². The Morgan fingerprint density at radius 1 is 0.667 bits per heavy atom. The van der Waals surface area contributed by atoms with E-state index in [0.717, 1.165) is 12.5 Å². The van der Waals surface area contributed by atoms with Crippen molar-refractivity contribution < 1.29 is 31.1 Å². The van der Waals surface area contributed by atoms with Crippen molar-refractivity contribution in [1.82, 2.24) is 0 Å². The lowest BCUT2D eigenvalue weighted by Gasteiger charge is -2.06. The second-order valence-corrected chi connectivity index (χ2v) is 8.97. The zero-order chi connectivity index (χ0) is 18.0. The highest BCUT2D eigenvalue weighted by Gasteiger charge is 2.12. The smallest absolute Gasteiger partial charge is 0.395 e. The summed E-state index contributed by atoms with van der Waals surface area (Å²) in [7, 11) is -6.67. The highest BCUT2D eigenvalue weighted by molar-refractivity contribution is 7.91. The molecule has 0 amide bonds. The van der Waals surface area contributed by atoms with Gasteiger partial charge in [0.15, 0.2) is 19.7 Å². The number of sulfone groups is 2. The Balaban J connectivity index is 2.03. The molecule has 0 spiro atoms. The zero-order valence-electron chi connectivity index (χ0n) is 12.8. The summed E-state index contributed by atoms with van der Waals surface area (Å²) in [5, 5.41) is 0. The Kier molecular flexibility index (Phi) is 4.95. The molecule has 0 unspecified atom stereocenters. The van der Waals surface area contributed by atoms with E-state index < -0.39 is 25.8 Å². The van der Waals surface area contributed by atoms with Crippen LogP contribution in [0.15, 0.2) is 58.3 Å². The number of benzene rings is 2. The Hall–Kier alpha value is -2.39. The molecule has 0 fully saturated rings. The summed E-state index contributed by atoms with van der Waals surface area (Å²) < 4.78 is 55.1. The van der Waals surface area contributed by atoms with E-state index in [2.05, 4.69) is 0 Å². The Labute approximate surface area is 139 Å². The molecule has 2 aromatic carbocycles. The molecular formula is C15H14O7S2. The second-order valence-electron chi connectivity index (χ2n) is 4.94. The van der Waals surface area contributed by atoms with Crippen molar-refractivity contribution >= 4 is 25.8 Å². The minimum atomic E-state index is -3.33. The molecule has 0 aliphatic carbocycles. The summed E-state index contributed by atoms with van der Waals surface area (Å²) in [5.41, 5.74) is 0. The molecule has 0 bridgehead atoms. The van der Waals surface area contributed by atoms with Crippen molar-refractivity contribution in [2.24, 2.45) is 0 Å². The predicted molar refractivity (Wildman–Crippen MR) is 85.8 cm³/mol. The molecule has 9 heteroatoms. The Morgan fingerprint density at radius 2 is 0.958 bits per heavy atom. The van der Waals surface area contributed by atoms with E-state index >= 15 is 0 Å². The SMILES string of the molecule is CS(=O)(=O)c1ccc(OC(=O)Oc2ccc(S(C)(=O)=O)cc2)cc1. The van der Waals surface area contributed by atoms with E-state index in [1.165, 1.54) is 48.5 Å². The molecule has 0 atom stereocenters. The maximum atomic E-state index is 11.7. The van der Waals surface area contributed by atoms with Crippen LogP contribution in [-0.2, 0) is 19.7 Å². The lowest BCUT2D eigenvalue weighted by atomic mass is 10.3. The van der Waals surface area contributed by atoms with Gasteiger partial charge < -0.3 is 9.47 Å². The van der Waals surface area contributed by atoms with Crippen LogP contribution in [0.5, 0.6) is 11.5 Å². The van der Waals surface area contributed by atoms with Gasteiger partial charge in [-0.2, -0.15) is 0 Å². The first-order valence-corrected chi connectivity index (χ1v) is 10.3. The highest BCUT2D eigenvalue weighted by atomic mass is 32.2. The second kappa shape index (κ2) is 6.62. The van der Waals surface area contributed by atoms with Crippen LogP contribution in [0.2, 0.25) is 0 Å². The van der Waals surface area contributed by atoms with Crippen LogP contribution in [0.1, 0.15) is 0 Å². The summed E-state index contributed by atoms with van der Waals surface area (Å²) in [5.74, 6) is 0.223. The van der Waals surface area contributed by atoms with Gasteiger partial charge in [0.05, 0.1) is 9.79 Å². The minimum absolute atomic E-state index is 0.0968. The van der Waals surface area contributed by atoms with Gasteiger partial charge in [0.25, 0.3) is 0 Å². The number of hydrogen-bond donors (Lipinski definition) is 0. The average molecular weight is 370 g/mol. The number of ether oxygens (including phenoxy) is 2. The first-order valence-electron chi connectivity index (χ1n) is 6.55. The summed E-state index contributed by atoms with van der Waals surface area (Å²) in [6, 6.07) is 10.5. The molecule has 0 N–H and O–H groups in total. The number of carbonyl (C=O) groups is 1. The van der Waals surface area contributed by atoms with Gasteiger partial charge in [-0.05, 0) is 48.5 Å². The quantitative estimate of drug-likeness (QED) is 0.599. The number of rotatable bonds is 4. The molecule has 24 heavy (non-hydrogen) atoms. The van der Waals surface area contributed by atoms with Crippen LogP contribution in [0.3, 0.4) is 0 Å². The van der Waals surface area contributed by atoms with Crippen LogP contribution in [0, 0.1) is 0 Å². The fourth-order valence-corrected chi connectivity index (χ4v) is 2.98. The third kappa shape index (κ3) is 4.80. The van der Waals surface area contributed by atoms with Crippen molar-refractivity contribution in [3.05, 3.63) is 48.5 Å². The van der Waals surface area contributed by atoms with Gasteiger partial charge in [-0.15, -0.1) is 0 Å². The normalized spacial score (nSPS) is 11.8. The number of carbonyl (C=O) groups excluding carboxylic acids is 1. The summed E-state index contributed by atoms with van der Waals surface area (Å²) >= 11 is 0. The van der Waals surface area contributed by atoms with Crippen LogP contribution in [-0.4, -0.2) is 35.5 Å². The molecule has 0 aromatic heterocycles. The molecule has 7 nitrogen and oxygen atoms in total. The lowest BCUT2D eigenvalue weighted by molar-refractivity contribution is 0.152. The minimum Gasteiger partial charge on any atom is -0.395 e. The molecule has 2 aromatic rings. The first kappa shape index (κ1) is 18.0. The molecule has 2 rings (SSSR count). The van der Waals surface area contributed by atoms with Crippen molar-refractivity contribution in [1.29, 1.82) is 0 Å². The van der Waals surface area contributed by atoms with Crippen molar-refractivity contribution in [3.8, 4) is 11.5 Å². The maximum absolute atomic E-state index is 11.7. The van der Waals surface area contributed by atoms with Crippen LogP contribution in [0.25, 0.3) is 0 Å². The summed E-state index contributed by atoms with van der Waals surface area (Å²) in [4.78, 5) is 11.9. The molecule has 0 aliphatic heterocycles. The van der Waals surface area contributed by atoms with Gasteiger partial charge in [0.2, 0.25) is 0 Å². The maximum Gasteiger partial charge on any atom is 0.519 e. The molecule has 0 saturated heterocycles. The van der Waals surface area contributed by atoms with E-state index in [-0.39, 0.29) is 21.3 Å². The fourth-order valence-electron chi connectivity index (χ4n) is 1.72. The predicted octanol–water partition coefficient (Wildman–Crippen LogP) is 2.07. The van der Waals surface area contributed by atoms with Crippen molar-refractivity contribution in [3.63, 3.8) is 0 Å². The Bertz CT molecular complexity index is 862. The third-order valence-electron chi connectivity index (χ3n) is 2.91. The average Bonchev–Trinajstić information content (AvgIpc) is 2.46. The van der Waals surface area contributed by atoms with Gasteiger partial charge in [-0.1, -0.05) is 0 Å². The van der Waals surface area contributed by atoms with E-state index in [1.54, 1.807) is 0 Å². The molecule has 0 saturated carbocycles. The molecule has 128 valence electrons. The third-order valence-corrected chi connectivity index (χ3v) is 5.16. The molecule has 0 aliphatic rings. The first-order chi connectivity index (χ1) is 11.1. The van der Waals surface area contributed by atoms with Gasteiger partial charge in [0, 0.05) is 12.5 Å². The fraction of sp³-hybridized carbons (Fsp3) is 0.133. The zero-order valence-corrected chi connectivity index (χ0v) is 14.4. The topological polar surface area (TPSA) is 104 Å². The highest BCUT2D eigenvalue weighted by Crippen LogP contribution is 2.19. The van der Waals surface area contributed by atoms with E-state index in [4.69, 9.17) is 9.47 Å². The van der Waals surface area contributed by atoms with Gasteiger partial charge >= 0.3 is 6.16 Å². The lowest BCUT2D eigenvalue weighted by Crippen LogP contribution is -2.13. The van der Waals surface area contributed by atoms with Crippen molar-refractivity contribution in [2.75, 3.05) is 12.5 Å². The Morgan fingerprint density at radius 3 is 1.21 bits per heavy atom.